The van der Waals surface area contributed by atoms with Crippen LogP contribution in [0.1, 0.15) is 11.1 Å². The first kappa shape index (κ1) is 13.6. The zero-order valence-corrected chi connectivity index (χ0v) is 12.9. The molecule has 1 aromatic carbocycles. The van der Waals surface area contributed by atoms with E-state index in [9.17, 15) is 9.90 Å². The Hall–Kier alpha value is -0.870. The van der Waals surface area contributed by atoms with E-state index >= 15 is 0 Å². The first-order valence-corrected chi connectivity index (χ1v) is 7.06. The van der Waals surface area contributed by atoms with Crippen LogP contribution in [0.15, 0.2) is 47.0 Å². The van der Waals surface area contributed by atoms with Gasteiger partial charge < -0.3 is 9.90 Å². The van der Waals surface area contributed by atoms with Crippen molar-refractivity contribution >= 4 is 37.8 Å². The van der Waals surface area contributed by atoms with E-state index in [1.165, 1.54) is 0 Å². The summed E-state index contributed by atoms with van der Waals surface area (Å²) in [5, 5.41) is 10.9. The summed E-state index contributed by atoms with van der Waals surface area (Å²) in [6, 6.07) is 7.99. The van der Waals surface area contributed by atoms with Gasteiger partial charge in [-0.05, 0) is 24.1 Å². The van der Waals surface area contributed by atoms with Crippen molar-refractivity contribution in [3.63, 3.8) is 0 Å². The van der Waals surface area contributed by atoms with Crippen LogP contribution in [0.25, 0.3) is 0 Å². The highest BCUT2D eigenvalue weighted by Crippen LogP contribution is 2.42. The lowest BCUT2D eigenvalue weighted by molar-refractivity contribution is -0.308. The third-order valence-electron chi connectivity index (χ3n) is 2.99. The maximum absolute atomic E-state index is 10.9. The van der Waals surface area contributed by atoms with E-state index in [0.717, 1.165) is 11.1 Å². The lowest BCUT2D eigenvalue weighted by Crippen LogP contribution is -2.33. The van der Waals surface area contributed by atoms with Crippen LogP contribution in [0, 0.1) is 12.8 Å². The molecule has 2 atom stereocenters. The number of hydrogen-bond acceptors (Lipinski definition) is 2. The zero-order chi connectivity index (χ0) is 13.3. The largest absolute Gasteiger partial charge is 0.549 e. The molecule has 1 aromatic rings. The molecule has 0 saturated carbocycles. The minimum absolute atomic E-state index is 0.469. The van der Waals surface area contributed by atoms with Crippen LogP contribution in [0.4, 0.5) is 0 Å². The van der Waals surface area contributed by atoms with E-state index in [1.54, 1.807) is 6.08 Å². The van der Waals surface area contributed by atoms with Crippen LogP contribution in [0.5, 0.6) is 0 Å². The Morgan fingerprint density at radius 2 is 2.06 bits per heavy atom. The van der Waals surface area contributed by atoms with Crippen LogP contribution < -0.4 is 5.11 Å². The van der Waals surface area contributed by atoms with E-state index in [0.29, 0.717) is 4.48 Å². The number of halogens is 2. The van der Waals surface area contributed by atoms with Crippen molar-refractivity contribution in [2.45, 2.75) is 11.2 Å². The van der Waals surface area contributed by atoms with Crippen LogP contribution in [-0.4, -0.2) is 5.97 Å². The van der Waals surface area contributed by atoms with Crippen molar-refractivity contribution in [1.29, 1.82) is 0 Å². The van der Waals surface area contributed by atoms with Gasteiger partial charge in [-0.15, -0.1) is 0 Å². The van der Waals surface area contributed by atoms with Crippen LogP contribution in [-0.2, 0) is 9.12 Å². The van der Waals surface area contributed by atoms with E-state index in [-0.39, 0.29) is 0 Å². The third-order valence-corrected chi connectivity index (χ3v) is 4.63. The van der Waals surface area contributed by atoms with Crippen molar-refractivity contribution < 1.29 is 9.90 Å². The molecule has 0 aliphatic heterocycles. The topological polar surface area (TPSA) is 40.1 Å². The Morgan fingerprint density at radius 1 is 1.39 bits per heavy atom. The lowest BCUT2D eigenvalue weighted by atomic mass is 9.88. The second-order valence-corrected chi connectivity index (χ2v) is 6.50. The maximum Gasteiger partial charge on any atom is 0.0880 e. The SMILES string of the molecule is Cc1ccccc1C1(Br)C=CC(C(=O)[O-])C(Br)=C1. The molecular formula is C14H11Br2O2-. The summed E-state index contributed by atoms with van der Waals surface area (Å²) in [7, 11) is 0. The molecule has 0 N–H and O–H groups in total. The molecule has 0 heterocycles. The smallest absolute Gasteiger partial charge is 0.0880 e. The number of aliphatic carboxylic acids is 1. The summed E-state index contributed by atoms with van der Waals surface area (Å²) in [4.78, 5) is 10.9. The van der Waals surface area contributed by atoms with E-state index in [1.807, 2.05) is 43.3 Å². The molecule has 0 fully saturated rings. The van der Waals surface area contributed by atoms with Gasteiger partial charge in [-0.2, -0.15) is 0 Å². The fourth-order valence-electron chi connectivity index (χ4n) is 2.03. The number of rotatable bonds is 2. The molecule has 2 rings (SSSR count). The molecule has 0 spiro atoms. The lowest BCUT2D eigenvalue weighted by Gasteiger charge is -2.29. The maximum atomic E-state index is 10.9. The fourth-order valence-corrected chi connectivity index (χ4v) is 3.88. The highest BCUT2D eigenvalue weighted by Gasteiger charge is 2.30. The quantitative estimate of drug-likeness (QED) is 0.593. The Labute approximate surface area is 123 Å². The van der Waals surface area contributed by atoms with Crippen molar-refractivity contribution in [3.8, 4) is 0 Å². The summed E-state index contributed by atoms with van der Waals surface area (Å²) in [5.74, 6) is -1.81. The Kier molecular flexibility index (Phi) is 3.78. The van der Waals surface area contributed by atoms with Gasteiger partial charge in [0.25, 0.3) is 0 Å². The Balaban J connectivity index is 2.45. The molecule has 0 radical (unpaired) electrons. The Morgan fingerprint density at radius 3 is 2.61 bits per heavy atom. The number of allylic oxidation sites excluding steroid dienone is 2. The molecule has 0 saturated heterocycles. The molecule has 18 heavy (non-hydrogen) atoms. The summed E-state index contributed by atoms with van der Waals surface area (Å²) in [5.41, 5.74) is 2.23. The number of carbonyl (C=O) groups is 1. The molecule has 2 unspecified atom stereocenters. The molecule has 2 nitrogen and oxygen atoms in total. The van der Waals surface area contributed by atoms with E-state index < -0.39 is 16.2 Å². The van der Waals surface area contributed by atoms with Crippen molar-refractivity contribution in [3.05, 3.63) is 58.1 Å². The summed E-state index contributed by atoms with van der Waals surface area (Å²) in [6.45, 7) is 2.03. The summed E-state index contributed by atoms with van der Waals surface area (Å²) in [6.07, 6.45) is 5.34. The Bertz CT molecular complexity index is 548. The molecule has 4 heteroatoms. The van der Waals surface area contributed by atoms with Crippen molar-refractivity contribution in [2.24, 2.45) is 5.92 Å². The van der Waals surface area contributed by atoms with Gasteiger partial charge in [0.15, 0.2) is 0 Å². The number of aryl methyl sites for hydroxylation is 1. The molecule has 0 bridgehead atoms. The van der Waals surface area contributed by atoms with Gasteiger partial charge in [0.2, 0.25) is 0 Å². The number of carbonyl (C=O) groups excluding carboxylic acids is 1. The number of carboxylic acid groups (broad SMARTS) is 1. The van der Waals surface area contributed by atoms with Crippen LogP contribution >= 0.6 is 31.9 Å². The van der Waals surface area contributed by atoms with Gasteiger partial charge in [0.05, 0.1) is 10.3 Å². The summed E-state index contributed by atoms with van der Waals surface area (Å²) >= 11 is 6.98. The van der Waals surface area contributed by atoms with Crippen molar-refractivity contribution in [2.75, 3.05) is 0 Å². The minimum Gasteiger partial charge on any atom is -0.549 e. The number of alkyl halides is 1. The minimum atomic E-state index is -1.10. The molecule has 0 aromatic heterocycles. The molecule has 0 amide bonds. The van der Waals surface area contributed by atoms with E-state index in [2.05, 4.69) is 31.9 Å². The standard InChI is InChI=1S/C14H12Br2O2/c1-9-4-2-3-5-11(9)14(16)7-6-10(13(17)18)12(15)8-14/h2-8,10H,1H3,(H,17,18)/p-1. The number of benzene rings is 1. The van der Waals surface area contributed by atoms with Crippen molar-refractivity contribution in [1.82, 2.24) is 0 Å². The third kappa shape index (κ3) is 2.45. The van der Waals surface area contributed by atoms with Gasteiger partial charge in [-0.3, -0.25) is 0 Å². The molecule has 1 aliphatic rings. The van der Waals surface area contributed by atoms with Gasteiger partial charge in [0.1, 0.15) is 0 Å². The van der Waals surface area contributed by atoms with Crippen LogP contribution in [0.2, 0.25) is 0 Å². The molecule has 1 aliphatic carbocycles. The molecular weight excluding hydrogens is 360 g/mol. The number of carboxylic acids is 1. The highest BCUT2D eigenvalue weighted by atomic mass is 79.9. The zero-order valence-electron chi connectivity index (χ0n) is 9.69. The average Bonchev–Trinajstić information content (AvgIpc) is 2.28. The predicted octanol–water partition coefficient (Wildman–Crippen LogP) is 2.80. The van der Waals surface area contributed by atoms with Gasteiger partial charge in [-0.25, -0.2) is 0 Å². The average molecular weight is 371 g/mol. The monoisotopic (exact) mass is 369 g/mol. The molecule has 94 valence electrons. The van der Waals surface area contributed by atoms with Gasteiger partial charge in [0, 0.05) is 10.4 Å². The first-order valence-electron chi connectivity index (χ1n) is 5.47. The second-order valence-electron chi connectivity index (χ2n) is 4.27. The highest BCUT2D eigenvalue weighted by molar-refractivity contribution is 9.12. The van der Waals surface area contributed by atoms with Gasteiger partial charge >= 0.3 is 0 Å². The first-order chi connectivity index (χ1) is 8.44. The fraction of sp³-hybridized carbons (Fsp3) is 0.214. The second kappa shape index (κ2) is 5.02. The normalized spacial score (nSPS) is 26.8. The predicted molar refractivity (Wildman–Crippen MR) is 76.4 cm³/mol. The van der Waals surface area contributed by atoms with Gasteiger partial charge in [-0.1, -0.05) is 68.3 Å². The number of hydrogen-bond donors (Lipinski definition) is 0. The summed E-state index contributed by atoms with van der Waals surface area (Å²) < 4.78 is 0.133. The van der Waals surface area contributed by atoms with Crippen LogP contribution in [0.3, 0.4) is 0 Å². The van der Waals surface area contributed by atoms with E-state index in [4.69, 9.17) is 0 Å².